The van der Waals surface area contributed by atoms with E-state index >= 15 is 0 Å². The van der Waals surface area contributed by atoms with Gasteiger partial charge in [0, 0.05) is 5.69 Å². The lowest BCUT2D eigenvalue weighted by Gasteiger charge is -2.10. The van der Waals surface area contributed by atoms with Crippen molar-refractivity contribution in [2.45, 2.75) is 18.4 Å². The molecule has 1 aromatic rings. The average Bonchev–Trinajstić information content (AvgIpc) is 3.05. The lowest BCUT2D eigenvalue weighted by Crippen LogP contribution is -2.45. The van der Waals surface area contributed by atoms with Gasteiger partial charge in [-0.05, 0) is 31.0 Å². The van der Waals surface area contributed by atoms with Gasteiger partial charge in [0.05, 0.1) is 12.1 Å². The van der Waals surface area contributed by atoms with Crippen LogP contribution in [0.1, 0.15) is 12.8 Å². The molecule has 0 unspecified atom stereocenters. The summed E-state index contributed by atoms with van der Waals surface area (Å²) in [7, 11) is 0. The summed E-state index contributed by atoms with van der Waals surface area (Å²) in [5.41, 5.74) is 5.21. The fraction of sp³-hybridized carbons (Fsp3) is 0.333. The molecular formula is C12H15ClFN3O2. The average molecular weight is 288 g/mol. The normalized spacial score (nSPS) is 15.1. The summed E-state index contributed by atoms with van der Waals surface area (Å²) in [5.74, 6) is -1.18. The van der Waals surface area contributed by atoms with Gasteiger partial charge >= 0.3 is 0 Å². The molecule has 104 valence electrons. The largest absolute Gasteiger partial charge is 0.345 e. The second kappa shape index (κ2) is 5.99. The summed E-state index contributed by atoms with van der Waals surface area (Å²) >= 11 is 0. The zero-order valence-electron chi connectivity index (χ0n) is 10.1. The Morgan fingerprint density at radius 1 is 1.37 bits per heavy atom. The predicted molar refractivity (Wildman–Crippen MR) is 71.4 cm³/mol. The third-order valence-electron chi connectivity index (χ3n) is 2.76. The summed E-state index contributed by atoms with van der Waals surface area (Å²) in [6, 6.07) is 5.53. The Labute approximate surface area is 116 Å². The van der Waals surface area contributed by atoms with Gasteiger partial charge in [0.25, 0.3) is 0 Å². The summed E-state index contributed by atoms with van der Waals surface area (Å²) in [4.78, 5) is 22.9. The number of carbonyl (C=O) groups is 2. The number of hydrogen-bond acceptors (Lipinski definition) is 3. The third kappa shape index (κ3) is 4.18. The van der Waals surface area contributed by atoms with Gasteiger partial charge in [-0.25, -0.2) is 4.39 Å². The number of nitrogens with one attached hydrogen (secondary N) is 2. The molecule has 0 aromatic heterocycles. The molecule has 0 spiro atoms. The lowest BCUT2D eigenvalue weighted by atomic mass is 10.2. The Morgan fingerprint density at radius 3 is 2.63 bits per heavy atom. The molecule has 2 amide bonds. The molecule has 1 aliphatic rings. The van der Waals surface area contributed by atoms with Crippen LogP contribution in [0.25, 0.3) is 0 Å². The van der Waals surface area contributed by atoms with E-state index in [0.717, 1.165) is 0 Å². The van der Waals surface area contributed by atoms with Crippen LogP contribution in [-0.4, -0.2) is 23.9 Å². The lowest BCUT2D eigenvalue weighted by molar-refractivity contribution is -0.125. The topological polar surface area (TPSA) is 84.2 Å². The van der Waals surface area contributed by atoms with Crippen LogP contribution in [0.4, 0.5) is 10.1 Å². The van der Waals surface area contributed by atoms with E-state index in [-0.39, 0.29) is 24.9 Å². The minimum absolute atomic E-state index is 0. The van der Waals surface area contributed by atoms with E-state index in [4.69, 9.17) is 5.73 Å². The second-order valence-corrected chi connectivity index (χ2v) is 4.40. The van der Waals surface area contributed by atoms with Gasteiger partial charge in [-0.2, -0.15) is 0 Å². The van der Waals surface area contributed by atoms with Crippen LogP contribution in [-0.2, 0) is 9.59 Å². The molecule has 0 aliphatic heterocycles. The van der Waals surface area contributed by atoms with E-state index in [0.29, 0.717) is 18.5 Å². The maximum Gasteiger partial charge on any atom is 0.243 e. The highest BCUT2D eigenvalue weighted by Crippen LogP contribution is 2.31. The van der Waals surface area contributed by atoms with Crippen LogP contribution in [0.15, 0.2) is 24.3 Å². The molecule has 0 radical (unpaired) electrons. The quantitative estimate of drug-likeness (QED) is 0.765. The zero-order chi connectivity index (χ0) is 13.2. The molecule has 2 rings (SSSR count). The number of benzene rings is 1. The van der Waals surface area contributed by atoms with E-state index in [1.807, 2.05) is 0 Å². The van der Waals surface area contributed by atoms with Crippen LogP contribution in [0.3, 0.4) is 0 Å². The van der Waals surface area contributed by atoms with Crippen LogP contribution in [0.2, 0.25) is 0 Å². The predicted octanol–water partition coefficient (Wildman–Crippen LogP) is 0.793. The van der Waals surface area contributed by atoms with Crippen molar-refractivity contribution in [3.63, 3.8) is 0 Å². The standard InChI is InChI=1S/C12H14FN3O2.ClH/c13-8-2-1-3-9(6-8)16-10(17)7-15-11(18)12(14)4-5-12;/h1-3,6H,4-5,7,14H2,(H,15,18)(H,16,17);1H. The van der Waals surface area contributed by atoms with Gasteiger partial charge in [-0.1, -0.05) is 6.07 Å². The Bertz CT molecular complexity index is 492. The number of rotatable bonds is 4. The van der Waals surface area contributed by atoms with Gasteiger partial charge in [0.1, 0.15) is 5.82 Å². The van der Waals surface area contributed by atoms with E-state index in [1.165, 1.54) is 18.2 Å². The maximum atomic E-state index is 12.9. The van der Waals surface area contributed by atoms with Crippen molar-refractivity contribution in [1.82, 2.24) is 5.32 Å². The highest BCUT2D eigenvalue weighted by atomic mass is 35.5. The molecule has 5 nitrogen and oxygen atoms in total. The monoisotopic (exact) mass is 287 g/mol. The van der Waals surface area contributed by atoms with E-state index in [2.05, 4.69) is 10.6 Å². The van der Waals surface area contributed by atoms with Gasteiger partial charge in [-0.3, -0.25) is 9.59 Å². The molecular weight excluding hydrogens is 273 g/mol. The minimum atomic E-state index is -0.793. The SMILES string of the molecule is Cl.NC1(C(=O)NCC(=O)Nc2cccc(F)c2)CC1. The van der Waals surface area contributed by atoms with Crippen LogP contribution in [0.5, 0.6) is 0 Å². The molecule has 1 aliphatic carbocycles. The first-order valence-corrected chi connectivity index (χ1v) is 5.62. The number of anilines is 1. The Morgan fingerprint density at radius 2 is 2.05 bits per heavy atom. The van der Waals surface area contributed by atoms with Gasteiger partial charge < -0.3 is 16.4 Å². The Balaban J connectivity index is 0.00000180. The van der Waals surface area contributed by atoms with Crippen molar-refractivity contribution in [3.05, 3.63) is 30.1 Å². The smallest absolute Gasteiger partial charge is 0.243 e. The van der Waals surface area contributed by atoms with E-state index in [9.17, 15) is 14.0 Å². The summed E-state index contributed by atoms with van der Waals surface area (Å²) in [5, 5.41) is 4.93. The van der Waals surface area contributed by atoms with Gasteiger partial charge in [-0.15, -0.1) is 12.4 Å². The van der Waals surface area contributed by atoms with E-state index < -0.39 is 17.3 Å². The number of carbonyl (C=O) groups excluding carboxylic acids is 2. The molecule has 19 heavy (non-hydrogen) atoms. The maximum absolute atomic E-state index is 12.9. The van der Waals surface area contributed by atoms with Crippen LogP contribution in [0, 0.1) is 5.82 Å². The van der Waals surface area contributed by atoms with Crippen LogP contribution >= 0.6 is 12.4 Å². The second-order valence-electron chi connectivity index (χ2n) is 4.40. The highest BCUT2D eigenvalue weighted by Gasteiger charge is 2.45. The van der Waals surface area contributed by atoms with Crippen molar-refractivity contribution >= 4 is 29.9 Å². The Hall–Kier alpha value is -1.66. The third-order valence-corrected chi connectivity index (χ3v) is 2.76. The van der Waals surface area contributed by atoms with Crippen molar-refractivity contribution in [3.8, 4) is 0 Å². The molecule has 7 heteroatoms. The van der Waals surface area contributed by atoms with Gasteiger partial charge in [0.15, 0.2) is 0 Å². The van der Waals surface area contributed by atoms with Crippen LogP contribution < -0.4 is 16.4 Å². The molecule has 0 saturated heterocycles. The van der Waals surface area contributed by atoms with Crippen molar-refractivity contribution in [2.75, 3.05) is 11.9 Å². The first kappa shape index (κ1) is 15.4. The summed E-state index contributed by atoms with van der Waals surface area (Å²) in [6.45, 7) is -0.172. The Kier molecular flexibility index (Phi) is 4.85. The van der Waals surface area contributed by atoms with Crippen molar-refractivity contribution in [1.29, 1.82) is 0 Å². The first-order valence-electron chi connectivity index (χ1n) is 5.62. The first-order chi connectivity index (χ1) is 8.49. The summed E-state index contributed by atoms with van der Waals surface area (Å²) in [6.07, 6.45) is 1.29. The molecule has 1 aromatic carbocycles. The molecule has 0 atom stereocenters. The minimum Gasteiger partial charge on any atom is -0.345 e. The number of hydrogen-bond donors (Lipinski definition) is 3. The molecule has 0 heterocycles. The number of halogens is 2. The molecule has 1 fully saturated rings. The van der Waals surface area contributed by atoms with Crippen molar-refractivity contribution in [2.24, 2.45) is 5.73 Å². The fourth-order valence-corrected chi connectivity index (χ4v) is 1.47. The van der Waals surface area contributed by atoms with E-state index in [1.54, 1.807) is 6.07 Å². The number of nitrogens with two attached hydrogens (primary N) is 1. The van der Waals surface area contributed by atoms with Crippen molar-refractivity contribution < 1.29 is 14.0 Å². The number of amides is 2. The summed E-state index contributed by atoms with van der Waals surface area (Å²) < 4.78 is 12.9. The fourth-order valence-electron chi connectivity index (χ4n) is 1.47. The molecule has 1 saturated carbocycles. The molecule has 4 N–H and O–H groups in total. The highest BCUT2D eigenvalue weighted by molar-refractivity contribution is 5.96. The molecule has 0 bridgehead atoms. The van der Waals surface area contributed by atoms with Gasteiger partial charge in [0.2, 0.25) is 11.8 Å². The zero-order valence-corrected chi connectivity index (χ0v) is 10.9.